The molecule has 0 radical (unpaired) electrons. The van der Waals surface area contributed by atoms with Gasteiger partial charge in [-0.1, -0.05) is 55.6 Å². The molecule has 2 heterocycles. The number of benzene rings is 3. The lowest BCUT2D eigenvalue weighted by Gasteiger charge is -2.21. The average Bonchev–Trinajstić information content (AvgIpc) is 2.80. The van der Waals surface area contributed by atoms with Crippen molar-refractivity contribution in [1.82, 2.24) is 9.97 Å². The predicted octanol–water partition coefficient (Wildman–Crippen LogP) is 6.14. The number of nitrogens with one attached hydrogen (secondary N) is 2. The molecule has 0 aliphatic carbocycles. The Morgan fingerprint density at radius 1 is 0.706 bits per heavy atom. The molecule has 0 fully saturated rings. The molecule has 0 saturated heterocycles. The molecule has 4 N–H and O–H groups in total. The molecule has 3 aromatic carbocycles. The molecule has 5 aromatic rings. The molecule has 2 aromatic heterocycles. The minimum Gasteiger partial charge on any atom is -0.507 e. The Bertz CT molecular complexity index is 1610. The minimum atomic E-state index is -1.09. The first-order valence-electron chi connectivity index (χ1n) is 10.1. The van der Waals surface area contributed by atoms with Gasteiger partial charge in [-0.25, -0.2) is 0 Å². The van der Waals surface area contributed by atoms with Crippen LogP contribution in [0.25, 0.3) is 21.8 Å². The molecule has 0 saturated carbocycles. The fourth-order valence-electron chi connectivity index (χ4n) is 4.20. The number of halogens is 3. The van der Waals surface area contributed by atoms with Crippen LogP contribution in [0.5, 0.6) is 11.5 Å². The standard InChI is InChI=1S/C25H15Br2ClN2O4/c26-12-3-7-17-15(9-12)22(31)20(24(33)29-17)19(11-1-5-14(28)6-2-11)21-23(32)16-10-13(27)4-8-18(16)30-25(21)34/h1-10,19H,(H2,29,31,33)(H2,30,32,34). The zero-order valence-corrected chi connectivity index (χ0v) is 21.1. The summed E-state index contributed by atoms with van der Waals surface area (Å²) in [6.45, 7) is 0. The Balaban J connectivity index is 1.91. The molecular weight excluding hydrogens is 588 g/mol. The smallest absolute Gasteiger partial charge is 0.256 e. The summed E-state index contributed by atoms with van der Waals surface area (Å²) in [6, 6.07) is 16.7. The third kappa shape index (κ3) is 3.81. The van der Waals surface area contributed by atoms with Crippen LogP contribution in [0.2, 0.25) is 5.02 Å². The summed E-state index contributed by atoms with van der Waals surface area (Å²) in [7, 11) is 0. The topological polar surface area (TPSA) is 106 Å². The van der Waals surface area contributed by atoms with Gasteiger partial charge in [-0.15, -0.1) is 0 Å². The van der Waals surface area contributed by atoms with Crippen molar-refractivity contribution in [2.45, 2.75) is 5.92 Å². The number of pyridine rings is 2. The van der Waals surface area contributed by atoms with Crippen molar-refractivity contribution >= 4 is 65.3 Å². The SMILES string of the molecule is O=c1[nH]c2ccc(Br)cc2c(O)c1C(c1ccc(Cl)cc1)c1c(O)c2cc(Br)ccc2[nH]c1=O. The van der Waals surface area contributed by atoms with Gasteiger partial charge in [0.15, 0.2) is 0 Å². The van der Waals surface area contributed by atoms with Crippen LogP contribution in [0.15, 0.2) is 79.2 Å². The molecule has 0 unspecified atom stereocenters. The summed E-state index contributed by atoms with van der Waals surface area (Å²) >= 11 is 12.8. The number of rotatable bonds is 3. The second-order valence-corrected chi connectivity index (χ2v) is 10.1. The van der Waals surface area contributed by atoms with Gasteiger partial charge in [-0.2, -0.15) is 0 Å². The zero-order chi connectivity index (χ0) is 24.1. The number of hydrogen-bond acceptors (Lipinski definition) is 4. The number of aromatic hydroxyl groups is 2. The maximum atomic E-state index is 13.3. The summed E-state index contributed by atoms with van der Waals surface area (Å²) in [4.78, 5) is 32.1. The summed E-state index contributed by atoms with van der Waals surface area (Å²) < 4.78 is 1.40. The first kappa shape index (κ1) is 22.7. The fourth-order valence-corrected chi connectivity index (χ4v) is 5.04. The van der Waals surface area contributed by atoms with E-state index in [2.05, 4.69) is 41.8 Å². The predicted molar refractivity (Wildman–Crippen MR) is 140 cm³/mol. The second kappa shape index (κ2) is 8.61. The van der Waals surface area contributed by atoms with Gasteiger partial charge in [-0.3, -0.25) is 9.59 Å². The Hall–Kier alpha value is -3.07. The molecule has 0 aliphatic rings. The van der Waals surface area contributed by atoms with Crippen molar-refractivity contribution in [1.29, 1.82) is 0 Å². The highest BCUT2D eigenvalue weighted by Crippen LogP contribution is 2.42. The van der Waals surface area contributed by atoms with E-state index >= 15 is 0 Å². The van der Waals surface area contributed by atoms with Crippen molar-refractivity contribution in [2.75, 3.05) is 0 Å². The van der Waals surface area contributed by atoms with Crippen LogP contribution in [-0.4, -0.2) is 20.2 Å². The molecule has 5 rings (SSSR count). The summed E-state index contributed by atoms with van der Waals surface area (Å²) in [6.07, 6.45) is 0. The normalized spacial score (nSPS) is 11.5. The van der Waals surface area contributed by atoms with E-state index in [1.807, 2.05) is 0 Å². The third-order valence-electron chi connectivity index (χ3n) is 5.75. The van der Waals surface area contributed by atoms with E-state index in [1.54, 1.807) is 60.7 Å². The van der Waals surface area contributed by atoms with E-state index in [9.17, 15) is 19.8 Å². The molecule has 0 atom stereocenters. The highest BCUT2D eigenvalue weighted by molar-refractivity contribution is 9.10. The fraction of sp³-hybridized carbons (Fsp3) is 0.0400. The lowest BCUT2D eigenvalue weighted by atomic mass is 9.84. The molecule has 170 valence electrons. The van der Waals surface area contributed by atoms with Crippen molar-refractivity contribution in [3.05, 3.63) is 112 Å². The second-order valence-electron chi connectivity index (χ2n) is 7.80. The van der Waals surface area contributed by atoms with E-state index in [1.165, 1.54) is 0 Å². The summed E-state index contributed by atoms with van der Waals surface area (Å²) in [5.41, 5.74) is 0.0661. The van der Waals surface area contributed by atoms with Gasteiger partial charge in [0.1, 0.15) is 11.5 Å². The van der Waals surface area contributed by atoms with Gasteiger partial charge in [0.2, 0.25) is 0 Å². The van der Waals surface area contributed by atoms with Crippen LogP contribution in [0.4, 0.5) is 0 Å². The van der Waals surface area contributed by atoms with Crippen LogP contribution >= 0.6 is 43.5 Å². The molecule has 6 nitrogen and oxygen atoms in total. The Morgan fingerprint density at radius 3 is 1.59 bits per heavy atom. The summed E-state index contributed by atoms with van der Waals surface area (Å²) in [5.74, 6) is -1.65. The Morgan fingerprint density at radius 2 is 1.15 bits per heavy atom. The monoisotopic (exact) mass is 600 g/mol. The molecule has 0 aliphatic heterocycles. The maximum absolute atomic E-state index is 13.3. The third-order valence-corrected chi connectivity index (χ3v) is 6.99. The van der Waals surface area contributed by atoms with Gasteiger partial charge in [-0.05, 0) is 54.1 Å². The lowest BCUT2D eigenvalue weighted by Crippen LogP contribution is -2.24. The first-order chi connectivity index (χ1) is 16.2. The molecule has 34 heavy (non-hydrogen) atoms. The van der Waals surface area contributed by atoms with Gasteiger partial charge in [0.05, 0.1) is 28.1 Å². The van der Waals surface area contributed by atoms with Gasteiger partial charge in [0, 0.05) is 24.7 Å². The number of H-pyrrole nitrogens is 2. The first-order valence-corrected chi connectivity index (χ1v) is 12.0. The number of aromatic amines is 2. The van der Waals surface area contributed by atoms with Crippen molar-refractivity contribution in [2.24, 2.45) is 0 Å². The number of hydrogen-bond donors (Lipinski definition) is 4. The highest BCUT2D eigenvalue weighted by Gasteiger charge is 2.30. The molecule has 0 spiro atoms. The van der Waals surface area contributed by atoms with E-state index < -0.39 is 17.0 Å². The van der Waals surface area contributed by atoms with Crippen molar-refractivity contribution < 1.29 is 10.2 Å². The Labute approximate surface area is 214 Å². The van der Waals surface area contributed by atoms with Crippen LogP contribution in [-0.2, 0) is 0 Å². The number of aromatic nitrogens is 2. The van der Waals surface area contributed by atoms with E-state index in [0.717, 1.165) is 0 Å². The quantitative estimate of drug-likeness (QED) is 0.199. The number of fused-ring (bicyclic) bond motifs is 2. The van der Waals surface area contributed by atoms with Crippen LogP contribution in [0, 0.1) is 0 Å². The van der Waals surface area contributed by atoms with Crippen LogP contribution in [0.3, 0.4) is 0 Å². The summed E-state index contributed by atoms with van der Waals surface area (Å²) in [5, 5.41) is 23.8. The van der Waals surface area contributed by atoms with Gasteiger partial charge < -0.3 is 20.2 Å². The largest absolute Gasteiger partial charge is 0.507 e. The van der Waals surface area contributed by atoms with Gasteiger partial charge >= 0.3 is 0 Å². The van der Waals surface area contributed by atoms with E-state index in [4.69, 9.17) is 11.6 Å². The molecule has 0 bridgehead atoms. The van der Waals surface area contributed by atoms with Crippen LogP contribution in [0.1, 0.15) is 22.6 Å². The highest BCUT2D eigenvalue weighted by atomic mass is 79.9. The average molecular weight is 603 g/mol. The minimum absolute atomic E-state index is 0.0666. The van der Waals surface area contributed by atoms with Crippen LogP contribution < -0.4 is 11.1 Å². The van der Waals surface area contributed by atoms with Crippen molar-refractivity contribution in [3.63, 3.8) is 0 Å². The van der Waals surface area contributed by atoms with Gasteiger partial charge in [0.25, 0.3) is 11.1 Å². The van der Waals surface area contributed by atoms with Crippen molar-refractivity contribution in [3.8, 4) is 11.5 Å². The lowest BCUT2D eigenvalue weighted by molar-refractivity contribution is 0.462. The molecule has 0 amide bonds. The van der Waals surface area contributed by atoms with E-state index in [0.29, 0.717) is 41.3 Å². The molecule has 9 heteroatoms. The molecular formula is C25H15Br2ClN2O4. The van der Waals surface area contributed by atoms with E-state index in [-0.39, 0.29) is 22.6 Å². The maximum Gasteiger partial charge on any atom is 0.256 e. The Kier molecular flexibility index (Phi) is 5.75. The zero-order valence-electron chi connectivity index (χ0n) is 17.2.